The number of nitrogens with zero attached hydrogens (tertiary/aromatic N) is 1. The number of carbonyl (C=O) groups is 2. The fraction of sp³-hybridized carbons (Fsp3) is 0.318. The number of carbonyl (C=O) groups excluding carboxylic acids is 2. The highest BCUT2D eigenvalue weighted by molar-refractivity contribution is 5.86. The lowest BCUT2D eigenvalue weighted by atomic mass is 10.1. The monoisotopic (exact) mass is 411 g/mol. The molecule has 8 nitrogen and oxygen atoms in total. The molecule has 2 atom stereocenters. The molecule has 0 saturated carbocycles. The summed E-state index contributed by atoms with van der Waals surface area (Å²) in [4.78, 5) is 30.3. The third-order valence-corrected chi connectivity index (χ3v) is 4.55. The Morgan fingerprint density at radius 3 is 2.40 bits per heavy atom. The highest BCUT2D eigenvalue weighted by Gasteiger charge is 2.26. The Balaban J connectivity index is 1.55. The summed E-state index contributed by atoms with van der Waals surface area (Å²) < 4.78 is 10.3. The van der Waals surface area contributed by atoms with Crippen molar-refractivity contribution in [3.8, 4) is 0 Å². The fourth-order valence-corrected chi connectivity index (χ4v) is 2.94. The number of hydrogen-bond donors (Lipinski definition) is 2. The minimum Gasteiger partial charge on any atom is -0.482 e. The van der Waals surface area contributed by atoms with E-state index in [-0.39, 0.29) is 25.2 Å². The van der Waals surface area contributed by atoms with E-state index in [1.165, 1.54) is 7.11 Å². The summed E-state index contributed by atoms with van der Waals surface area (Å²) in [5.74, 6) is 0.155. The van der Waals surface area contributed by atoms with E-state index in [1.54, 1.807) is 0 Å². The van der Waals surface area contributed by atoms with Gasteiger partial charge in [0.1, 0.15) is 12.6 Å². The van der Waals surface area contributed by atoms with Crippen LogP contribution < -0.4 is 10.6 Å². The molecule has 2 amide bonds. The van der Waals surface area contributed by atoms with E-state index in [0.717, 1.165) is 11.1 Å². The van der Waals surface area contributed by atoms with E-state index < -0.39 is 12.1 Å². The zero-order valence-corrected chi connectivity index (χ0v) is 16.7. The van der Waals surface area contributed by atoms with Crippen LogP contribution >= 0.6 is 0 Å². The number of ether oxygens (including phenoxy) is 2. The Morgan fingerprint density at radius 2 is 1.77 bits per heavy atom. The molecule has 3 rings (SSSR count). The summed E-state index contributed by atoms with van der Waals surface area (Å²) in [6.07, 6.45) is -0.145. The molecule has 2 aromatic rings. The maximum absolute atomic E-state index is 12.8. The fourth-order valence-electron chi connectivity index (χ4n) is 2.94. The van der Waals surface area contributed by atoms with Crippen LogP contribution in [0.1, 0.15) is 17.5 Å². The first-order valence-corrected chi connectivity index (χ1v) is 9.69. The number of rotatable bonds is 8. The SMILES string of the molecule is COC1=NOC(CNC(=O)[C@H](Cc2ccccc2)NC(=O)OCc2ccccc2)C1. The number of oxime groups is 1. The quantitative estimate of drug-likeness (QED) is 0.695. The molecular formula is C22H25N3O5. The van der Waals surface area contributed by atoms with E-state index in [2.05, 4.69) is 15.8 Å². The van der Waals surface area contributed by atoms with Crippen LogP contribution in [0.25, 0.3) is 0 Å². The van der Waals surface area contributed by atoms with Crippen LogP contribution in [0.5, 0.6) is 0 Å². The summed E-state index contributed by atoms with van der Waals surface area (Å²) in [7, 11) is 1.52. The summed E-state index contributed by atoms with van der Waals surface area (Å²) in [6.45, 7) is 0.376. The molecule has 0 spiro atoms. The third kappa shape index (κ3) is 6.51. The number of nitrogens with one attached hydrogen (secondary N) is 2. The second-order valence-corrected chi connectivity index (χ2v) is 6.81. The van der Waals surface area contributed by atoms with Gasteiger partial charge in [-0.1, -0.05) is 65.8 Å². The zero-order valence-electron chi connectivity index (χ0n) is 16.7. The highest BCUT2D eigenvalue weighted by Crippen LogP contribution is 2.10. The van der Waals surface area contributed by atoms with Gasteiger partial charge in [0, 0.05) is 6.42 Å². The molecule has 158 valence electrons. The number of hydrogen-bond acceptors (Lipinski definition) is 6. The lowest BCUT2D eigenvalue weighted by molar-refractivity contribution is -0.123. The van der Waals surface area contributed by atoms with Crippen LogP contribution in [-0.2, 0) is 32.1 Å². The molecule has 2 N–H and O–H groups in total. The van der Waals surface area contributed by atoms with E-state index in [0.29, 0.717) is 18.7 Å². The zero-order chi connectivity index (χ0) is 21.2. The van der Waals surface area contributed by atoms with Gasteiger partial charge in [-0.2, -0.15) is 0 Å². The average Bonchev–Trinajstić information content (AvgIpc) is 3.25. The smallest absolute Gasteiger partial charge is 0.408 e. The molecule has 0 bridgehead atoms. The van der Waals surface area contributed by atoms with Crippen molar-refractivity contribution >= 4 is 17.9 Å². The van der Waals surface area contributed by atoms with Crippen molar-refractivity contribution in [1.82, 2.24) is 10.6 Å². The summed E-state index contributed by atoms with van der Waals surface area (Å²) >= 11 is 0. The van der Waals surface area contributed by atoms with E-state index in [9.17, 15) is 9.59 Å². The molecule has 1 aliphatic rings. The van der Waals surface area contributed by atoms with Gasteiger partial charge in [-0.25, -0.2) is 4.79 Å². The Hall–Kier alpha value is -3.55. The molecule has 1 unspecified atom stereocenters. The second kappa shape index (κ2) is 10.8. The molecule has 1 heterocycles. The van der Waals surface area contributed by atoms with Crippen molar-refractivity contribution < 1.29 is 23.9 Å². The van der Waals surface area contributed by atoms with Gasteiger partial charge >= 0.3 is 6.09 Å². The van der Waals surface area contributed by atoms with Gasteiger partial charge in [0.25, 0.3) is 0 Å². The molecule has 0 aromatic heterocycles. The van der Waals surface area contributed by atoms with Crippen LogP contribution in [0.3, 0.4) is 0 Å². The Kier molecular flexibility index (Phi) is 7.65. The number of amides is 2. The number of alkyl carbamates (subject to hydrolysis) is 1. The van der Waals surface area contributed by atoms with Crippen LogP contribution in [0, 0.1) is 0 Å². The molecule has 0 radical (unpaired) electrons. The average molecular weight is 411 g/mol. The third-order valence-electron chi connectivity index (χ3n) is 4.55. The molecule has 8 heteroatoms. The number of benzene rings is 2. The van der Waals surface area contributed by atoms with Gasteiger partial charge in [-0.3, -0.25) is 4.79 Å². The normalized spacial score (nSPS) is 16.0. The van der Waals surface area contributed by atoms with Crippen LogP contribution in [0.2, 0.25) is 0 Å². The molecule has 0 aliphatic carbocycles. The Bertz CT molecular complexity index is 858. The van der Waals surface area contributed by atoms with Gasteiger partial charge in [0.15, 0.2) is 6.10 Å². The first kappa shape index (κ1) is 21.2. The number of methoxy groups -OCH3 is 1. The summed E-state index contributed by atoms with van der Waals surface area (Å²) in [5.41, 5.74) is 1.78. The van der Waals surface area contributed by atoms with Crippen LogP contribution in [0.15, 0.2) is 65.8 Å². The molecule has 2 aromatic carbocycles. The predicted molar refractivity (Wildman–Crippen MR) is 111 cm³/mol. The minimum atomic E-state index is -0.792. The van der Waals surface area contributed by atoms with E-state index in [1.807, 2.05) is 60.7 Å². The molecule has 30 heavy (non-hydrogen) atoms. The molecule has 0 fully saturated rings. The maximum atomic E-state index is 12.8. The standard InChI is InChI=1S/C22H25N3O5/c1-28-20-13-18(30-25-20)14-23-21(26)19(12-16-8-4-2-5-9-16)24-22(27)29-15-17-10-6-3-7-11-17/h2-11,18-19H,12-15H2,1H3,(H,23,26)(H,24,27)/t18?,19-/m0/s1. The molecule has 0 saturated heterocycles. The predicted octanol–water partition coefficient (Wildman–Crippen LogP) is 2.39. The van der Waals surface area contributed by atoms with Gasteiger partial charge in [0.05, 0.1) is 20.1 Å². The Labute approximate surface area is 175 Å². The summed E-state index contributed by atoms with van der Waals surface area (Å²) in [5, 5.41) is 9.25. The van der Waals surface area contributed by atoms with E-state index >= 15 is 0 Å². The van der Waals surface area contributed by atoms with Crippen molar-refractivity contribution in [1.29, 1.82) is 0 Å². The van der Waals surface area contributed by atoms with Gasteiger partial charge in [-0.15, -0.1) is 0 Å². The second-order valence-electron chi connectivity index (χ2n) is 6.81. The molecular weight excluding hydrogens is 386 g/mol. The van der Waals surface area contributed by atoms with Crippen molar-refractivity contribution in [2.75, 3.05) is 13.7 Å². The summed E-state index contributed by atoms with van der Waals surface area (Å²) in [6, 6.07) is 18.0. The van der Waals surface area contributed by atoms with E-state index in [4.69, 9.17) is 14.3 Å². The van der Waals surface area contributed by atoms with Gasteiger partial charge in [-0.05, 0) is 11.1 Å². The highest BCUT2D eigenvalue weighted by atomic mass is 16.7. The lowest BCUT2D eigenvalue weighted by Gasteiger charge is -2.19. The lowest BCUT2D eigenvalue weighted by Crippen LogP contribution is -2.49. The topological polar surface area (TPSA) is 98.3 Å². The van der Waals surface area contributed by atoms with Crippen LogP contribution in [0.4, 0.5) is 4.79 Å². The maximum Gasteiger partial charge on any atom is 0.408 e. The van der Waals surface area contributed by atoms with Gasteiger partial charge < -0.3 is 24.9 Å². The van der Waals surface area contributed by atoms with Crippen molar-refractivity contribution in [2.45, 2.75) is 31.6 Å². The molecule has 1 aliphatic heterocycles. The van der Waals surface area contributed by atoms with Crippen molar-refractivity contribution in [2.24, 2.45) is 5.16 Å². The minimum absolute atomic E-state index is 0.124. The largest absolute Gasteiger partial charge is 0.482 e. The first-order valence-electron chi connectivity index (χ1n) is 9.69. The van der Waals surface area contributed by atoms with Crippen LogP contribution in [-0.4, -0.2) is 43.7 Å². The van der Waals surface area contributed by atoms with Crippen molar-refractivity contribution in [3.05, 3.63) is 71.8 Å². The Morgan fingerprint density at radius 1 is 1.10 bits per heavy atom. The first-order chi connectivity index (χ1) is 14.6. The van der Waals surface area contributed by atoms with Crippen molar-refractivity contribution in [3.63, 3.8) is 0 Å². The van der Waals surface area contributed by atoms with Gasteiger partial charge in [0.2, 0.25) is 11.8 Å².